The van der Waals surface area contributed by atoms with E-state index in [1.54, 1.807) is 12.4 Å². The van der Waals surface area contributed by atoms with Crippen LogP contribution in [0.15, 0.2) is 108 Å². The quantitative estimate of drug-likeness (QED) is 0.204. The number of benzene rings is 3. The smallest absolute Gasteiger partial charge is 0.182 e. The second-order valence-electron chi connectivity index (χ2n) is 12.1. The van der Waals surface area contributed by atoms with E-state index in [1.165, 1.54) is 27.6 Å². The fourth-order valence-corrected chi connectivity index (χ4v) is 7.46. The van der Waals surface area contributed by atoms with Gasteiger partial charge in [0.15, 0.2) is 17.5 Å². The zero-order valence-electron chi connectivity index (χ0n) is 25.1. The van der Waals surface area contributed by atoms with E-state index in [0.29, 0.717) is 40.7 Å². The highest BCUT2D eigenvalue weighted by Gasteiger charge is 2.49. The van der Waals surface area contributed by atoms with Crippen molar-refractivity contribution in [2.75, 3.05) is 0 Å². The summed E-state index contributed by atoms with van der Waals surface area (Å²) in [5.74, 6) is 2.31. The van der Waals surface area contributed by atoms with Crippen LogP contribution in [-0.2, 0) is 5.41 Å². The molecular formula is C38H31N5O. The van der Waals surface area contributed by atoms with Crippen LogP contribution in [0.2, 0.25) is 0 Å². The predicted molar refractivity (Wildman–Crippen MR) is 175 cm³/mol. The number of hydrogen-bond donors (Lipinski definition) is 0. The molecule has 6 nitrogen and oxygen atoms in total. The molecule has 7 aromatic rings. The van der Waals surface area contributed by atoms with Crippen molar-refractivity contribution in [1.82, 2.24) is 24.9 Å². The van der Waals surface area contributed by atoms with Crippen molar-refractivity contribution in [2.45, 2.75) is 33.1 Å². The van der Waals surface area contributed by atoms with Gasteiger partial charge in [-0.3, -0.25) is 9.97 Å². The number of hydrogen-bond acceptors (Lipinski definition) is 6. The molecule has 1 aliphatic carbocycles. The van der Waals surface area contributed by atoms with E-state index in [4.69, 9.17) is 19.4 Å². The van der Waals surface area contributed by atoms with Crippen LogP contribution >= 0.6 is 0 Å². The molecule has 0 unspecified atom stereocenters. The van der Waals surface area contributed by atoms with Gasteiger partial charge in [0.25, 0.3) is 0 Å². The van der Waals surface area contributed by atoms with E-state index in [2.05, 4.69) is 86.2 Å². The zero-order chi connectivity index (χ0) is 30.0. The molecule has 0 N–H and O–H groups in total. The van der Waals surface area contributed by atoms with Gasteiger partial charge in [0.05, 0.1) is 0 Å². The molecular weight excluding hydrogens is 542 g/mol. The fourth-order valence-electron chi connectivity index (χ4n) is 7.46. The number of aromatic nitrogens is 5. The Kier molecular flexibility index (Phi) is 5.95. The first-order chi connectivity index (χ1) is 21.5. The van der Waals surface area contributed by atoms with Crippen LogP contribution in [0.5, 0.6) is 0 Å². The summed E-state index contributed by atoms with van der Waals surface area (Å²) in [6, 6.07) is 31.0. The molecule has 0 radical (unpaired) electrons. The molecule has 8 rings (SSSR count). The third kappa shape index (κ3) is 3.77. The van der Waals surface area contributed by atoms with Gasteiger partial charge in [-0.25, -0.2) is 15.0 Å². The van der Waals surface area contributed by atoms with Crippen molar-refractivity contribution in [2.24, 2.45) is 11.8 Å². The zero-order valence-corrected chi connectivity index (χ0v) is 25.1. The lowest BCUT2D eigenvalue weighted by molar-refractivity contribution is 0.282. The van der Waals surface area contributed by atoms with Crippen LogP contribution in [0.3, 0.4) is 0 Å². The summed E-state index contributed by atoms with van der Waals surface area (Å²) >= 11 is 0. The van der Waals surface area contributed by atoms with Gasteiger partial charge in [0.1, 0.15) is 22.6 Å². The molecule has 44 heavy (non-hydrogen) atoms. The number of rotatable bonds is 5. The molecule has 4 aromatic heterocycles. The maximum Gasteiger partial charge on any atom is 0.182 e. The van der Waals surface area contributed by atoms with Gasteiger partial charge in [-0.2, -0.15) is 0 Å². The molecule has 0 saturated heterocycles. The normalized spacial score (nSPS) is 13.6. The summed E-state index contributed by atoms with van der Waals surface area (Å²) in [5, 5.41) is 2.38. The molecule has 3 aromatic carbocycles. The molecule has 1 aliphatic rings. The lowest BCUT2D eigenvalue weighted by atomic mass is 9.62. The van der Waals surface area contributed by atoms with Gasteiger partial charge < -0.3 is 4.42 Å². The Bertz CT molecular complexity index is 2120. The molecule has 0 atom stereocenters. The summed E-state index contributed by atoms with van der Waals surface area (Å²) in [4.78, 5) is 23.7. The number of furan rings is 1. The van der Waals surface area contributed by atoms with Gasteiger partial charge in [0.2, 0.25) is 0 Å². The summed E-state index contributed by atoms with van der Waals surface area (Å²) in [6.45, 7) is 9.38. The molecule has 6 heteroatoms. The van der Waals surface area contributed by atoms with Crippen LogP contribution in [0.1, 0.15) is 38.8 Å². The molecule has 0 saturated carbocycles. The maximum absolute atomic E-state index is 6.39. The standard InChI is InChI=1S/C38H31N5O/c1-22(2)38(23(3)4)28-17-15-24(21-27(28)25-16-18-32-33(34(25)38)26-11-5-6-14-31(26)44-32)35-41-36(29-12-7-9-19-39-29)43-37(42-35)30-13-8-10-20-40-30/h5-23H,1-4H3. The lowest BCUT2D eigenvalue weighted by Crippen LogP contribution is -2.37. The number of fused-ring (bicyclic) bond motifs is 7. The highest BCUT2D eigenvalue weighted by molar-refractivity contribution is 6.11. The molecule has 214 valence electrons. The van der Waals surface area contributed by atoms with E-state index in [1.807, 2.05) is 42.5 Å². The summed E-state index contributed by atoms with van der Waals surface area (Å²) in [7, 11) is 0. The Morgan fingerprint density at radius 3 is 1.86 bits per heavy atom. The largest absolute Gasteiger partial charge is 0.456 e. The fraction of sp³-hybridized carbons (Fsp3) is 0.184. The van der Waals surface area contributed by atoms with Crippen LogP contribution in [-0.4, -0.2) is 24.9 Å². The minimum absolute atomic E-state index is 0.202. The van der Waals surface area contributed by atoms with Gasteiger partial charge in [-0.1, -0.05) is 76.2 Å². The van der Waals surface area contributed by atoms with Crippen LogP contribution < -0.4 is 0 Å². The number of para-hydroxylation sites is 1. The number of nitrogens with zero attached hydrogens (tertiary/aromatic N) is 5. The highest BCUT2D eigenvalue weighted by atomic mass is 16.3. The summed E-state index contributed by atoms with van der Waals surface area (Å²) in [6.07, 6.45) is 3.51. The average molecular weight is 574 g/mol. The van der Waals surface area contributed by atoms with Crippen molar-refractivity contribution in [3.63, 3.8) is 0 Å². The molecule has 0 spiro atoms. The Morgan fingerprint density at radius 2 is 1.23 bits per heavy atom. The second kappa shape index (κ2) is 9.91. The Hall–Kier alpha value is -5.23. The van der Waals surface area contributed by atoms with E-state index >= 15 is 0 Å². The molecule has 0 amide bonds. The predicted octanol–water partition coefficient (Wildman–Crippen LogP) is 9.14. The topological polar surface area (TPSA) is 77.6 Å². The van der Waals surface area contributed by atoms with Crippen molar-refractivity contribution < 1.29 is 4.42 Å². The third-order valence-corrected chi connectivity index (χ3v) is 9.22. The highest BCUT2D eigenvalue weighted by Crippen LogP contribution is 2.59. The lowest BCUT2D eigenvalue weighted by Gasteiger charge is -2.40. The SMILES string of the molecule is CC(C)C1(C(C)C)c2ccc(-c3nc(-c4ccccn4)nc(-c4ccccn4)n3)cc2-c2ccc3oc4ccccc4c3c21. The van der Waals surface area contributed by atoms with E-state index in [-0.39, 0.29) is 5.41 Å². The van der Waals surface area contributed by atoms with E-state index in [9.17, 15) is 0 Å². The van der Waals surface area contributed by atoms with Gasteiger partial charge in [-0.05, 0) is 76.6 Å². The molecule has 0 bridgehead atoms. The molecule has 0 fully saturated rings. The Labute approximate surface area is 255 Å². The van der Waals surface area contributed by atoms with Gasteiger partial charge in [0, 0.05) is 34.1 Å². The van der Waals surface area contributed by atoms with Crippen molar-refractivity contribution in [3.8, 4) is 45.6 Å². The maximum atomic E-state index is 6.39. The number of pyridine rings is 2. The summed E-state index contributed by atoms with van der Waals surface area (Å²) in [5.41, 5.74) is 9.10. The van der Waals surface area contributed by atoms with E-state index in [0.717, 1.165) is 22.1 Å². The summed E-state index contributed by atoms with van der Waals surface area (Å²) < 4.78 is 6.39. The third-order valence-electron chi connectivity index (χ3n) is 9.22. The minimum Gasteiger partial charge on any atom is -0.456 e. The van der Waals surface area contributed by atoms with Gasteiger partial charge >= 0.3 is 0 Å². The first-order valence-corrected chi connectivity index (χ1v) is 15.2. The first-order valence-electron chi connectivity index (χ1n) is 15.2. The second-order valence-corrected chi connectivity index (χ2v) is 12.1. The average Bonchev–Trinajstić information content (AvgIpc) is 3.59. The van der Waals surface area contributed by atoms with Crippen molar-refractivity contribution in [3.05, 3.63) is 115 Å². The Morgan fingerprint density at radius 1 is 0.591 bits per heavy atom. The van der Waals surface area contributed by atoms with Crippen LogP contribution in [0.4, 0.5) is 0 Å². The van der Waals surface area contributed by atoms with Crippen molar-refractivity contribution >= 4 is 21.9 Å². The van der Waals surface area contributed by atoms with Gasteiger partial charge in [-0.15, -0.1) is 0 Å². The van der Waals surface area contributed by atoms with Crippen LogP contribution in [0, 0.1) is 11.8 Å². The monoisotopic (exact) mass is 573 g/mol. The molecule has 4 heterocycles. The van der Waals surface area contributed by atoms with Crippen LogP contribution in [0.25, 0.3) is 67.5 Å². The minimum atomic E-state index is -0.202. The Balaban J connectivity index is 1.40. The van der Waals surface area contributed by atoms with E-state index < -0.39 is 0 Å². The van der Waals surface area contributed by atoms with Crippen molar-refractivity contribution in [1.29, 1.82) is 0 Å². The first kappa shape index (κ1) is 26.4. The molecule has 0 aliphatic heterocycles.